The van der Waals surface area contributed by atoms with E-state index in [4.69, 9.17) is 10.5 Å². The Morgan fingerprint density at radius 2 is 2.17 bits per heavy atom. The maximum Gasteiger partial charge on any atom is 0.323 e. The standard InChI is InChI=1S/C8H15NO3/c1-6(2)7(9)8(11)12-5-3-4-10/h4,6-7H,3,5,9H2,1-2H3/t7-/m0/s1. The summed E-state index contributed by atoms with van der Waals surface area (Å²) in [5.41, 5.74) is 5.48. The molecule has 0 unspecified atom stereocenters. The minimum Gasteiger partial charge on any atom is -0.464 e. The van der Waals surface area contributed by atoms with Gasteiger partial charge in [0.05, 0.1) is 6.61 Å². The van der Waals surface area contributed by atoms with Crippen molar-refractivity contribution in [2.75, 3.05) is 6.61 Å². The first kappa shape index (κ1) is 11.1. The van der Waals surface area contributed by atoms with E-state index in [-0.39, 0.29) is 18.9 Å². The maximum absolute atomic E-state index is 11.0. The van der Waals surface area contributed by atoms with Crippen LogP contribution in [0.5, 0.6) is 0 Å². The second-order valence-corrected chi connectivity index (χ2v) is 2.89. The van der Waals surface area contributed by atoms with Crippen LogP contribution < -0.4 is 5.73 Å². The summed E-state index contributed by atoms with van der Waals surface area (Å²) in [6, 6.07) is -0.586. The Balaban J connectivity index is 3.64. The van der Waals surface area contributed by atoms with E-state index in [0.717, 1.165) is 0 Å². The normalized spacial score (nSPS) is 12.7. The van der Waals surface area contributed by atoms with Crippen LogP contribution in [0.25, 0.3) is 0 Å². The number of carbonyl (C=O) groups excluding carboxylic acids is 2. The van der Waals surface area contributed by atoms with Crippen LogP contribution in [0.1, 0.15) is 20.3 Å². The summed E-state index contributed by atoms with van der Waals surface area (Å²) in [4.78, 5) is 20.9. The average molecular weight is 173 g/mol. The molecule has 0 radical (unpaired) electrons. The summed E-state index contributed by atoms with van der Waals surface area (Å²) < 4.78 is 4.71. The zero-order valence-corrected chi connectivity index (χ0v) is 7.45. The van der Waals surface area contributed by atoms with Gasteiger partial charge in [-0.15, -0.1) is 0 Å². The first-order valence-electron chi connectivity index (χ1n) is 3.95. The topological polar surface area (TPSA) is 69.4 Å². The smallest absolute Gasteiger partial charge is 0.323 e. The number of rotatable bonds is 5. The Hall–Kier alpha value is -0.900. The summed E-state index contributed by atoms with van der Waals surface area (Å²) in [5, 5.41) is 0. The third kappa shape index (κ3) is 4.08. The van der Waals surface area contributed by atoms with Crippen molar-refractivity contribution >= 4 is 12.3 Å². The molecule has 0 heterocycles. The molecule has 0 aliphatic heterocycles. The third-order valence-corrected chi connectivity index (χ3v) is 1.47. The van der Waals surface area contributed by atoms with Gasteiger partial charge in [-0.25, -0.2) is 0 Å². The molecule has 0 rings (SSSR count). The molecule has 0 spiro atoms. The van der Waals surface area contributed by atoms with E-state index in [1.54, 1.807) is 0 Å². The Morgan fingerprint density at radius 3 is 2.58 bits per heavy atom. The summed E-state index contributed by atoms with van der Waals surface area (Å²) in [6.07, 6.45) is 0.935. The fourth-order valence-electron chi connectivity index (χ4n) is 0.576. The molecule has 0 saturated heterocycles. The van der Waals surface area contributed by atoms with Gasteiger partial charge in [0.25, 0.3) is 0 Å². The van der Waals surface area contributed by atoms with E-state index < -0.39 is 12.0 Å². The minimum absolute atomic E-state index is 0.0636. The van der Waals surface area contributed by atoms with Gasteiger partial charge in [0.2, 0.25) is 0 Å². The van der Waals surface area contributed by atoms with Crippen LogP contribution in [-0.4, -0.2) is 24.9 Å². The highest BCUT2D eigenvalue weighted by Crippen LogP contribution is 2.00. The number of nitrogens with two attached hydrogens (primary N) is 1. The lowest BCUT2D eigenvalue weighted by Crippen LogP contribution is -2.37. The van der Waals surface area contributed by atoms with Gasteiger partial charge in [-0.05, 0) is 5.92 Å². The van der Waals surface area contributed by atoms with Gasteiger partial charge >= 0.3 is 5.97 Å². The summed E-state index contributed by atoms with van der Waals surface area (Å²) in [6.45, 7) is 3.81. The molecule has 0 bridgehead atoms. The fraction of sp³-hybridized carbons (Fsp3) is 0.750. The molecule has 2 N–H and O–H groups in total. The summed E-state index contributed by atoms with van der Waals surface area (Å²) in [7, 11) is 0. The molecule has 4 heteroatoms. The molecule has 0 saturated carbocycles. The Bertz CT molecular complexity index is 156. The molecule has 0 aromatic heterocycles. The second-order valence-electron chi connectivity index (χ2n) is 2.89. The highest BCUT2D eigenvalue weighted by molar-refractivity contribution is 5.75. The molecule has 0 amide bonds. The molecule has 70 valence electrons. The minimum atomic E-state index is -0.586. The lowest BCUT2D eigenvalue weighted by molar-refractivity contribution is -0.146. The van der Waals surface area contributed by atoms with Crippen LogP contribution in [0.2, 0.25) is 0 Å². The number of aldehydes is 1. The largest absolute Gasteiger partial charge is 0.464 e. The van der Waals surface area contributed by atoms with Crippen molar-refractivity contribution < 1.29 is 14.3 Å². The molecule has 12 heavy (non-hydrogen) atoms. The molecule has 0 aromatic carbocycles. The SMILES string of the molecule is CC(C)[C@H](N)C(=O)OCCC=O. The van der Waals surface area contributed by atoms with Gasteiger partial charge < -0.3 is 15.3 Å². The predicted octanol–water partition coefficient (Wildman–Crippen LogP) is 0.102. The summed E-state index contributed by atoms with van der Waals surface area (Å²) in [5.74, 6) is -0.374. The molecule has 0 aliphatic carbocycles. The third-order valence-electron chi connectivity index (χ3n) is 1.47. The zero-order chi connectivity index (χ0) is 9.56. The van der Waals surface area contributed by atoms with E-state index >= 15 is 0 Å². The lowest BCUT2D eigenvalue weighted by atomic mass is 10.1. The Labute approximate surface area is 72.1 Å². The van der Waals surface area contributed by atoms with Gasteiger partial charge in [0.1, 0.15) is 12.3 Å². The van der Waals surface area contributed by atoms with Crippen molar-refractivity contribution in [3.05, 3.63) is 0 Å². The van der Waals surface area contributed by atoms with Gasteiger partial charge in [-0.2, -0.15) is 0 Å². The molecular weight excluding hydrogens is 158 g/mol. The van der Waals surface area contributed by atoms with E-state index in [1.165, 1.54) is 0 Å². The van der Waals surface area contributed by atoms with Crippen molar-refractivity contribution in [3.63, 3.8) is 0 Å². The Morgan fingerprint density at radius 1 is 1.58 bits per heavy atom. The van der Waals surface area contributed by atoms with Gasteiger partial charge in [-0.1, -0.05) is 13.8 Å². The Kier molecular flexibility index (Phi) is 5.28. The number of hydrogen-bond donors (Lipinski definition) is 1. The van der Waals surface area contributed by atoms with Gasteiger partial charge in [-0.3, -0.25) is 4.79 Å². The van der Waals surface area contributed by atoms with Crippen LogP contribution in [0, 0.1) is 5.92 Å². The number of carbonyl (C=O) groups is 2. The van der Waals surface area contributed by atoms with Gasteiger partial charge in [0, 0.05) is 6.42 Å². The van der Waals surface area contributed by atoms with Crippen molar-refractivity contribution in [1.82, 2.24) is 0 Å². The average Bonchev–Trinajstić information content (AvgIpc) is 2.03. The molecule has 0 fully saturated rings. The van der Waals surface area contributed by atoms with E-state index in [2.05, 4.69) is 0 Å². The fourth-order valence-corrected chi connectivity index (χ4v) is 0.576. The van der Waals surface area contributed by atoms with E-state index in [0.29, 0.717) is 6.29 Å². The van der Waals surface area contributed by atoms with Crippen molar-refractivity contribution in [2.24, 2.45) is 11.7 Å². The van der Waals surface area contributed by atoms with Crippen LogP contribution in [-0.2, 0) is 14.3 Å². The van der Waals surface area contributed by atoms with E-state index in [1.807, 2.05) is 13.8 Å². The van der Waals surface area contributed by atoms with Gasteiger partial charge in [0.15, 0.2) is 0 Å². The first-order chi connectivity index (χ1) is 5.59. The highest BCUT2D eigenvalue weighted by atomic mass is 16.5. The van der Waals surface area contributed by atoms with Crippen molar-refractivity contribution in [2.45, 2.75) is 26.3 Å². The first-order valence-corrected chi connectivity index (χ1v) is 3.95. The molecule has 1 atom stereocenters. The van der Waals surface area contributed by atoms with Crippen LogP contribution in [0.15, 0.2) is 0 Å². The maximum atomic E-state index is 11.0. The lowest BCUT2D eigenvalue weighted by Gasteiger charge is -2.13. The molecular formula is C8H15NO3. The van der Waals surface area contributed by atoms with Crippen LogP contribution >= 0.6 is 0 Å². The van der Waals surface area contributed by atoms with E-state index in [9.17, 15) is 9.59 Å². The molecule has 4 nitrogen and oxygen atoms in total. The quantitative estimate of drug-likeness (QED) is 0.364. The second kappa shape index (κ2) is 5.71. The number of esters is 1. The number of hydrogen-bond acceptors (Lipinski definition) is 4. The monoisotopic (exact) mass is 173 g/mol. The number of ether oxygens (including phenoxy) is 1. The molecule has 0 aromatic rings. The van der Waals surface area contributed by atoms with Crippen molar-refractivity contribution in [1.29, 1.82) is 0 Å². The zero-order valence-electron chi connectivity index (χ0n) is 7.45. The predicted molar refractivity (Wildman–Crippen MR) is 44.5 cm³/mol. The van der Waals surface area contributed by atoms with Crippen molar-refractivity contribution in [3.8, 4) is 0 Å². The molecule has 0 aliphatic rings. The van der Waals surface area contributed by atoms with Crippen LogP contribution in [0.4, 0.5) is 0 Å². The summed E-state index contributed by atoms with van der Waals surface area (Å²) >= 11 is 0. The van der Waals surface area contributed by atoms with Crippen LogP contribution in [0.3, 0.4) is 0 Å². The highest BCUT2D eigenvalue weighted by Gasteiger charge is 2.17.